The molecule has 1 unspecified atom stereocenters. The molecule has 0 aromatic heterocycles. The lowest BCUT2D eigenvalue weighted by atomic mass is 9.78. The smallest absolute Gasteiger partial charge is 0.0208 e. The molecule has 92 valence electrons. The molecule has 1 aliphatic carbocycles. The van der Waals surface area contributed by atoms with Crippen LogP contribution in [0.1, 0.15) is 55.6 Å². The lowest BCUT2D eigenvalue weighted by Crippen LogP contribution is -2.32. The predicted molar refractivity (Wildman–Crippen MR) is 72.1 cm³/mol. The van der Waals surface area contributed by atoms with Gasteiger partial charge in [-0.25, -0.2) is 0 Å². The highest BCUT2D eigenvalue weighted by Crippen LogP contribution is 2.37. The first-order valence-corrected chi connectivity index (χ1v) is 7.23. The van der Waals surface area contributed by atoms with Crippen LogP contribution in [-0.4, -0.2) is 6.54 Å². The van der Waals surface area contributed by atoms with E-state index in [1.807, 2.05) is 0 Å². The molecule has 1 nitrogen and oxygen atoms in total. The molecule has 1 atom stereocenters. The molecule has 1 fully saturated rings. The maximum atomic E-state index is 3.61. The third-order valence-electron chi connectivity index (χ3n) is 4.60. The average Bonchev–Trinajstić information content (AvgIpc) is 2.67. The number of benzene rings is 1. The molecule has 2 aliphatic rings. The van der Waals surface area contributed by atoms with Crippen molar-refractivity contribution in [3.05, 3.63) is 35.4 Å². The van der Waals surface area contributed by atoms with Crippen LogP contribution >= 0.6 is 0 Å². The van der Waals surface area contributed by atoms with Gasteiger partial charge in [-0.1, -0.05) is 49.9 Å². The largest absolute Gasteiger partial charge is 0.312 e. The summed E-state index contributed by atoms with van der Waals surface area (Å²) < 4.78 is 0. The van der Waals surface area contributed by atoms with Gasteiger partial charge >= 0.3 is 0 Å². The normalized spacial score (nSPS) is 26.2. The van der Waals surface area contributed by atoms with Gasteiger partial charge in [0.1, 0.15) is 0 Å². The van der Waals surface area contributed by atoms with Gasteiger partial charge in [-0.3, -0.25) is 0 Å². The molecule has 0 spiro atoms. The highest BCUT2D eigenvalue weighted by Gasteiger charge is 2.27. The Morgan fingerprint density at radius 2 is 1.71 bits per heavy atom. The van der Waals surface area contributed by atoms with Crippen LogP contribution in [-0.2, 0) is 6.54 Å². The zero-order valence-electron chi connectivity index (χ0n) is 10.6. The molecular weight excluding hydrogens is 206 g/mol. The minimum Gasteiger partial charge on any atom is -0.312 e. The molecule has 1 aliphatic heterocycles. The van der Waals surface area contributed by atoms with Gasteiger partial charge in [0, 0.05) is 13.1 Å². The van der Waals surface area contributed by atoms with Crippen LogP contribution in [0.4, 0.5) is 0 Å². The van der Waals surface area contributed by atoms with Crippen molar-refractivity contribution >= 4 is 0 Å². The summed E-state index contributed by atoms with van der Waals surface area (Å²) in [5.41, 5.74) is 3.17. The van der Waals surface area contributed by atoms with E-state index in [0.29, 0.717) is 0 Å². The Kier molecular flexibility index (Phi) is 3.46. The highest BCUT2D eigenvalue weighted by atomic mass is 14.9. The Labute approximate surface area is 105 Å². The van der Waals surface area contributed by atoms with Crippen molar-refractivity contribution in [3.63, 3.8) is 0 Å². The van der Waals surface area contributed by atoms with Crippen molar-refractivity contribution in [3.8, 4) is 0 Å². The first-order valence-electron chi connectivity index (χ1n) is 7.23. The summed E-state index contributed by atoms with van der Waals surface area (Å²) in [5, 5.41) is 3.61. The van der Waals surface area contributed by atoms with Crippen LogP contribution in [0.3, 0.4) is 0 Å². The second-order valence-corrected chi connectivity index (χ2v) is 5.69. The summed E-state index contributed by atoms with van der Waals surface area (Å²) >= 11 is 0. The molecular formula is C16H23N. The van der Waals surface area contributed by atoms with Gasteiger partial charge in [-0.05, 0) is 35.8 Å². The number of rotatable bonds is 1. The number of hydrogen-bond donors (Lipinski definition) is 1. The third kappa shape index (κ3) is 2.40. The average molecular weight is 229 g/mol. The minimum absolute atomic E-state index is 0.776. The third-order valence-corrected chi connectivity index (χ3v) is 4.60. The molecule has 1 heteroatoms. The van der Waals surface area contributed by atoms with E-state index in [9.17, 15) is 0 Å². The fraction of sp³-hybridized carbons (Fsp3) is 0.625. The second-order valence-electron chi connectivity index (χ2n) is 5.69. The Balaban J connectivity index is 1.83. The topological polar surface area (TPSA) is 12.0 Å². The van der Waals surface area contributed by atoms with Gasteiger partial charge in [0.15, 0.2) is 0 Å². The lowest BCUT2D eigenvalue weighted by Gasteiger charge is -2.32. The van der Waals surface area contributed by atoms with Crippen molar-refractivity contribution in [2.45, 2.75) is 51.0 Å². The molecule has 1 saturated carbocycles. The predicted octanol–water partition coefficient (Wildman–Crippen LogP) is 3.84. The van der Waals surface area contributed by atoms with Crippen LogP contribution in [0.5, 0.6) is 0 Å². The Morgan fingerprint density at radius 1 is 0.941 bits per heavy atom. The van der Waals surface area contributed by atoms with Crippen molar-refractivity contribution < 1.29 is 0 Å². The lowest BCUT2D eigenvalue weighted by molar-refractivity contribution is 0.347. The summed E-state index contributed by atoms with van der Waals surface area (Å²) in [5.74, 6) is 1.70. The minimum atomic E-state index is 0.776. The van der Waals surface area contributed by atoms with Crippen LogP contribution in [0.2, 0.25) is 0 Å². The number of hydrogen-bond acceptors (Lipinski definition) is 1. The van der Waals surface area contributed by atoms with E-state index in [-0.39, 0.29) is 0 Å². The molecule has 1 N–H and O–H groups in total. The van der Waals surface area contributed by atoms with Crippen LogP contribution in [0.25, 0.3) is 0 Å². The van der Waals surface area contributed by atoms with Gasteiger partial charge in [0.2, 0.25) is 0 Å². The number of nitrogens with one attached hydrogen (secondary N) is 1. The van der Waals surface area contributed by atoms with E-state index in [1.54, 1.807) is 5.56 Å². The molecule has 0 bridgehead atoms. The van der Waals surface area contributed by atoms with Crippen molar-refractivity contribution in [1.82, 2.24) is 5.32 Å². The molecule has 0 amide bonds. The van der Waals surface area contributed by atoms with E-state index in [1.165, 1.54) is 50.6 Å². The Morgan fingerprint density at radius 3 is 2.53 bits per heavy atom. The Hall–Kier alpha value is -0.820. The van der Waals surface area contributed by atoms with E-state index in [4.69, 9.17) is 0 Å². The second kappa shape index (κ2) is 5.22. The summed E-state index contributed by atoms with van der Waals surface area (Å²) in [6, 6.07) is 9.06. The van der Waals surface area contributed by atoms with E-state index >= 15 is 0 Å². The monoisotopic (exact) mass is 229 g/mol. The van der Waals surface area contributed by atoms with Gasteiger partial charge < -0.3 is 5.32 Å². The first kappa shape index (κ1) is 11.3. The maximum Gasteiger partial charge on any atom is 0.0208 e. The zero-order valence-corrected chi connectivity index (χ0v) is 10.6. The van der Waals surface area contributed by atoms with Crippen LogP contribution in [0.15, 0.2) is 24.3 Å². The summed E-state index contributed by atoms with van der Waals surface area (Å²) in [6.07, 6.45) is 8.70. The molecule has 0 radical (unpaired) electrons. The standard InChI is InChI=1S/C16H23N/c1-2-4-8-13(7-3-1)16-12-17-11-14-9-5-6-10-15(14)16/h5-6,9-10,13,16-17H,1-4,7-8,11-12H2. The first-order chi connectivity index (χ1) is 8.45. The maximum absolute atomic E-state index is 3.61. The molecule has 1 aromatic rings. The highest BCUT2D eigenvalue weighted by molar-refractivity contribution is 5.33. The SMILES string of the molecule is c1ccc2c(c1)CNCC2C1CCCCCC1. The van der Waals surface area contributed by atoms with Crippen molar-refractivity contribution in [1.29, 1.82) is 0 Å². The van der Waals surface area contributed by atoms with Gasteiger partial charge in [0.25, 0.3) is 0 Å². The van der Waals surface area contributed by atoms with Crippen molar-refractivity contribution in [2.24, 2.45) is 5.92 Å². The van der Waals surface area contributed by atoms with Crippen molar-refractivity contribution in [2.75, 3.05) is 6.54 Å². The summed E-state index contributed by atoms with van der Waals surface area (Å²) in [4.78, 5) is 0. The van der Waals surface area contributed by atoms with Crippen LogP contribution in [0, 0.1) is 5.92 Å². The zero-order chi connectivity index (χ0) is 11.5. The summed E-state index contributed by atoms with van der Waals surface area (Å²) in [7, 11) is 0. The fourth-order valence-electron chi connectivity index (χ4n) is 3.66. The molecule has 1 aromatic carbocycles. The number of fused-ring (bicyclic) bond motifs is 1. The van der Waals surface area contributed by atoms with Crippen LogP contribution < -0.4 is 5.32 Å². The quantitative estimate of drug-likeness (QED) is 0.721. The molecule has 3 rings (SSSR count). The van der Waals surface area contributed by atoms with Gasteiger partial charge in [0.05, 0.1) is 0 Å². The van der Waals surface area contributed by atoms with Gasteiger partial charge in [-0.2, -0.15) is 0 Å². The summed E-state index contributed by atoms with van der Waals surface area (Å²) in [6.45, 7) is 2.26. The molecule has 17 heavy (non-hydrogen) atoms. The fourth-order valence-corrected chi connectivity index (χ4v) is 3.66. The van der Waals surface area contributed by atoms with Gasteiger partial charge in [-0.15, -0.1) is 0 Å². The molecule has 0 saturated heterocycles. The van der Waals surface area contributed by atoms with E-state index in [2.05, 4.69) is 29.6 Å². The van der Waals surface area contributed by atoms with E-state index < -0.39 is 0 Å². The Bertz CT molecular complexity index is 364. The van der Waals surface area contributed by atoms with E-state index in [0.717, 1.165) is 18.4 Å². The molecule has 1 heterocycles.